The molecule has 1 aliphatic rings. The van der Waals surface area contributed by atoms with Crippen molar-refractivity contribution in [3.05, 3.63) is 35.1 Å². The van der Waals surface area contributed by atoms with Gasteiger partial charge in [0.25, 0.3) is 5.91 Å². The maximum Gasteiger partial charge on any atom is 0.254 e. The van der Waals surface area contributed by atoms with E-state index in [1.54, 1.807) is 4.90 Å². The summed E-state index contributed by atoms with van der Waals surface area (Å²) < 4.78 is 49.8. The molecule has 2 amide bonds. The van der Waals surface area contributed by atoms with Gasteiger partial charge in [-0.1, -0.05) is 0 Å². The molecule has 6 nitrogen and oxygen atoms in total. The Morgan fingerprint density at radius 3 is 2.50 bits per heavy atom. The van der Waals surface area contributed by atoms with Gasteiger partial charge in [0.1, 0.15) is 6.61 Å². The fourth-order valence-electron chi connectivity index (χ4n) is 2.63. The van der Waals surface area contributed by atoms with Crippen LogP contribution in [-0.4, -0.2) is 62.8 Å². The second-order valence-electron chi connectivity index (χ2n) is 5.90. The van der Waals surface area contributed by atoms with Crippen LogP contribution in [0.5, 0.6) is 0 Å². The van der Waals surface area contributed by atoms with Crippen LogP contribution >= 0.6 is 0 Å². The Labute approximate surface area is 149 Å². The SMILES string of the molecule is COCCOCC(=O)N1CCC(NC(=O)c2ccc(F)c(F)c2F)CC1. The second-order valence-corrected chi connectivity index (χ2v) is 5.90. The lowest BCUT2D eigenvalue weighted by Crippen LogP contribution is -2.47. The average Bonchev–Trinajstić information content (AvgIpc) is 2.63. The number of methoxy groups -OCH3 is 1. The first-order valence-electron chi connectivity index (χ1n) is 8.22. The van der Waals surface area contributed by atoms with E-state index in [1.165, 1.54) is 7.11 Å². The molecule has 1 N–H and O–H groups in total. The Morgan fingerprint density at radius 2 is 1.85 bits per heavy atom. The Hall–Kier alpha value is -2.13. The number of nitrogens with zero attached hydrogens (tertiary/aromatic N) is 1. The van der Waals surface area contributed by atoms with Crippen molar-refractivity contribution in [2.75, 3.05) is 40.0 Å². The van der Waals surface area contributed by atoms with Crippen LogP contribution in [0.15, 0.2) is 12.1 Å². The molecule has 0 atom stereocenters. The summed E-state index contributed by atoms with van der Waals surface area (Å²) in [6, 6.07) is 1.32. The highest BCUT2D eigenvalue weighted by Gasteiger charge is 2.26. The standard InChI is InChI=1S/C17H21F3N2O4/c1-25-8-9-26-10-14(23)22-6-4-11(5-7-22)21-17(24)12-2-3-13(18)16(20)15(12)19/h2-3,11H,4-10H2,1H3,(H,21,24). The largest absolute Gasteiger partial charge is 0.382 e. The molecular formula is C17H21F3N2O4. The summed E-state index contributed by atoms with van der Waals surface area (Å²) in [5.41, 5.74) is -0.547. The molecule has 2 rings (SSSR count). The van der Waals surface area contributed by atoms with Crippen LogP contribution in [-0.2, 0) is 14.3 Å². The van der Waals surface area contributed by atoms with Crippen LogP contribution in [0.25, 0.3) is 0 Å². The number of ether oxygens (including phenoxy) is 2. The molecule has 1 aromatic rings. The molecule has 0 aromatic heterocycles. The first-order chi connectivity index (χ1) is 12.4. The number of halogens is 3. The molecule has 1 saturated heterocycles. The lowest BCUT2D eigenvalue weighted by Gasteiger charge is -2.32. The number of nitrogens with one attached hydrogen (secondary N) is 1. The van der Waals surface area contributed by atoms with Crippen LogP contribution < -0.4 is 5.32 Å². The highest BCUT2D eigenvalue weighted by Crippen LogP contribution is 2.17. The van der Waals surface area contributed by atoms with E-state index in [0.717, 1.165) is 6.07 Å². The molecule has 1 fully saturated rings. The number of benzene rings is 1. The first-order valence-corrected chi connectivity index (χ1v) is 8.22. The molecule has 0 aliphatic carbocycles. The number of rotatable bonds is 7. The van der Waals surface area contributed by atoms with Crippen molar-refractivity contribution in [3.8, 4) is 0 Å². The van der Waals surface area contributed by atoms with E-state index < -0.39 is 28.9 Å². The molecule has 0 radical (unpaired) electrons. The molecule has 26 heavy (non-hydrogen) atoms. The number of likely N-dealkylation sites (tertiary alicyclic amines) is 1. The fourth-order valence-corrected chi connectivity index (χ4v) is 2.63. The fraction of sp³-hybridized carbons (Fsp3) is 0.529. The molecule has 0 spiro atoms. The van der Waals surface area contributed by atoms with E-state index in [0.29, 0.717) is 45.2 Å². The molecule has 1 heterocycles. The third-order valence-corrected chi connectivity index (χ3v) is 4.12. The van der Waals surface area contributed by atoms with Gasteiger partial charge in [-0.3, -0.25) is 9.59 Å². The summed E-state index contributed by atoms with van der Waals surface area (Å²) in [4.78, 5) is 25.7. The van der Waals surface area contributed by atoms with E-state index in [1.807, 2.05) is 0 Å². The average molecular weight is 374 g/mol. The topological polar surface area (TPSA) is 67.9 Å². The summed E-state index contributed by atoms with van der Waals surface area (Å²) >= 11 is 0. The van der Waals surface area contributed by atoms with Crippen LogP contribution in [0.3, 0.4) is 0 Å². The third kappa shape index (κ3) is 5.18. The quantitative estimate of drug-likeness (QED) is 0.580. The van der Waals surface area contributed by atoms with Gasteiger partial charge in [-0.2, -0.15) is 0 Å². The molecule has 1 aliphatic heterocycles. The van der Waals surface area contributed by atoms with Crippen LogP contribution in [0.1, 0.15) is 23.2 Å². The van der Waals surface area contributed by atoms with E-state index in [2.05, 4.69) is 5.32 Å². The molecule has 0 unspecified atom stereocenters. The van der Waals surface area contributed by atoms with Crippen molar-refractivity contribution in [1.82, 2.24) is 10.2 Å². The van der Waals surface area contributed by atoms with E-state index in [9.17, 15) is 22.8 Å². The predicted octanol–water partition coefficient (Wildman–Crippen LogP) is 1.49. The van der Waals surface area contributed by atoms with E-state index in [-0.39, 0.29) is 18.6 Å². The Kier molecular flexibility index (Phi) is 7.40. The zero-order valence-electron chi connectivity index (χ0n) is 14.4. The molecule has 1 aromatic carbocycles. The van der Waals surface area contributed by atoms with Crippen LogP contribution in [0.2, 0.25) is 0 Å². The Bertz CT molecular complexity index is 649. The number of carbonyl (C=O) groups is 2. The Morgan fingerprint density at radius 1 is 1.15 bits per heavy atom. The first kappa shape index (κ1) is 20.2. The van der Waals surface area contributed by atoms with Crippen molar-refractivity contribution in [1.29, 1.82) is 0 Å². The summed E-state index contributed by atoms with van der Waals surface area (Å²) in [5.74, 6) is -5.50. The smallest absolute Gasteiger partial charge is 0.254 e. The molecule has 0 saturated carbocycles. The van der Waals surface area contributed by atoms with Gasteiger partial charge in [0, 0.05) is 26.2 Å². The highest BCUT2D eigenvalue weighted by atomic mass is 19.2. The minimum atomic E-state index is -1.67. The number of hydrogen-bond acceptors (Lipinski definition) is 4. The summed E-state index contributed by atoms with van der Waals surface area (Å²) in [6.07, 6.45) is 0.946. The lowest BCUT2D eigenvalue weighted by molar-refractivity contribution is -0.137. The second kappa shape index (κ2) is 9.54. The zero-order valence-corrected chi connectivity index (χ0v) is 14.4. The van der Waals surface area contributed by atoms with E-state index >= 15 is 0 Å². The number of hydrogen-bond donors (Lipinski definition) is 1. The van der Waals surface area contributed by atoms with Gasteiger partial charge >= 0.3 is 0 Å². The van der Waals surface area contributed by atoms with Crippen LogP contribution in [0.4, 0.5) is 13.2 Å². The Balaban J connectivity index is 1.80. The van der Waals surface area contributed by atoms with E-state index in [4.69, 9.17) is 9.47 Å². The maximum atomic E-state index is 13.7. The molecule has 0 bridgehead atoms. The van der Waals surface area contributed by atoms with Gasteiger partial charge in [0.2, 0.25) is 5.91 Å². The zero-order chi connectivity index (χ0) is 19.1. The van der Waals surface area contributed by atoms with Gasteiger partial charge in [-0.15, -0.1) is 0 Å². The summed E-state index contributed by atoms with van der Waals surface area (Å²) in [5, 5.41) is 2.59. The normalized spacial score (nSPS) is 15.2. The predicted molar refractivity (Wildman–Crippen MR) is 86.1 cm³/mol. The van der Waals surface area contributed by atoms with Crippen molar-refractivity contribution < 1.29 is 32.2 Å². The van der Waals surface area contributed by atoms with Crippen molar-refractivity contribution in [3.63, 3.8) is 0 Å². The van der Waals surface area contributed by atoms with Gasteiger partial charge in [0.15, 0.2) is 17.5 Å². The molecular weight excluding hydrogens is 353 g/mol. The van der Waals surface area contributed by atoms with Gasteiger partial charge in [0.05, 0.1) is 18.8 Å². The number of carbonyl (C=O) groups excluding carboxylic acids is 2. The third-order valence-electron chi connectivity index (χ3n) is 4.12. The van der Waals surface area contributed by atoms with Crippen molar-refractivity contribution in [2.24, 2.45) is 0 Å². The van der Waals surface area contributed by atoms with Gasteiger partial charge in [-0.25, -0.2) is 13.2 Å². The molecule has 9 heteroatoms. The number of amides is 2. The highest BCUT2D eigenvalue weighted by molar-refractivity contribution is 5.94. The minimum Gasteiger partial charge on any atom is -0.382 e. The maximum absolute atomic E-state index is 13.7. The van der Waals surface area contributed by atoms with Crippen molar-refractivity contribution >= 4 is 11.8 Å². The van der Waals surface area contributed by atoms with Crippen LogP contribution in [0, 0.1) is 17.5 Å². The van der Waals surface area contributed by atoms with Crippen molar-refractivity contribution in [2.45, 2.75) is 18.9 Å². The summed E-state index contributed by atoms with van der Waals surface area (Å²) in [6.45, 7) is 1.52. The summed E-state index contributed by atoms with van der Waals surface area (Å²) in [7, 11) is 1.54. The lowest BCUT2D eigenvalue weighted by atomic mass is 10.0. The minimum absolute atomic E-state index is 0.0412. The monoisotopic (exact) mass is 374 g/mol. The van der Waals surface area contributed by atoms with Gasteiger partial charge < -0.3 is 19.7 Å². The van der Waals surface area contributed by atoms with Gasteiger partial charge in [-0.05, 0) is 25.0 Å². The number of piperidine rings is 1. The molecule has 144 valence electrons.